The maximum Gasteiger partial charge on any atom is 0.0419 e. The topological polar surface area (TPSA) is 0 Å². The molecule has 0 spiro atoms. The van der Waals surface area contributed by atoms with Gasteiger partial charge in [0.25, 0.3) is 0 Å². The van der Waals surface area contributed by atoms with Crippen molar-refractivity contribution in [2.24, 2.45) is 0 Å². The molecule has 2 heteroatoms. The summed E-state index contributed by atoms with van der Waals surface area (Å²) in [6.45, 7) is 7.32. The average molecular weight is 177 g/mol. The lowest BCUT2D eigenvalue weighted by Crippen LogP contribution is -1.67. The van der Waals surface area contributed by atoms with Crippen LogP contribution in [-0.4, -0.2) is 0 Å². The Kier molecular flexibility index (Phi) is 4.50. The molecule has 56 valence electrons. The van der Waals surface area contributed by atoms with Gasteiger partial charge in [0.05, 0.1) is 0 Å². The van der Waals surface area contributed by atoms with Crippen LogP contribution in [0.4, 0.5) is 0 Å². The highest BCUT2D eigenvalue weighted by molar-refractivity contribution is 6.34. The van der Waals surface area contributed by atoms with Gasteiger partial charge in [-0.1, -0.05) is 35.4 Å². The Hall–Kier alpha value is -0.200. The van der Waals surface area contributed by atoms with Crippen LogP contribution in [0.5, 0.6) is 0 Å². The van der Waals surface area contributed by atoms with Crippen LogP contribution in [0.25, 0.3) is 0 Å². The van der Waals surface area contributed by atoms with Gasteiger partial charge in [-0.3, -0.25) is 0 Å². The summed E-state index contributed by atoms with van der Waals surface area (Å²) in [7, 11) is 0. The Morgan fingerprint density at radius 1 is 1.20 bits per heavy atom. The third kappa shape index (κ3) is 5.93. The van der Waals surface area contributed by atoms with E-state index in [-0.39, 0.29) is 0 Å². The van der Waals surface area contributed by atoms with Gasteiger partial charge in [0.1, 0.15) is 0 Å². The predicted molar refractivity (Wildman–Crippen MR) is 48.4 cm³/mol. The van der Waals surface area contributed by atoms with E-state index in [1.807, 2.05) is 6.92 Å². The Balaban J connectivity index is 4.22. The largest absolute Gasteiger partial charge is 0.0961 e. The molecule has 0 N–H and O–H groups in total. The summed E-state index contributed by atoms with van der Waals surface area (Å²) in [4.78, 5) is 0. The van der Waals surface area contributed by atoms with Crippen LogP contribution in [-0.2, 0) is 0 Å². The van der Waals surface area contributed by atoms with E-state index >= 15 is 0 Å². The summed E-state index contributed by atoms with van der Waals surface area (Å²) in [6, 6.07) is 0. The average Bonchev–Trinajstić information content (AvgIpc) is 1.58. The van der Waals surface area contributed by atoms with Crippen LogP contribution in [0.15, 0.2) is 34.4 Å². The molecule has 0 amide bonds. The molecule has 0 atom stereocenters. The summed E-state index contributed by atoms with van der Waals surface area (Å²) in [5.41, 5.74) is 0.916. The van der Waals surface area contributed by atoms with E-state index in [0.29, 0.717) is 10.1 Å². The molecule has 0 aromatic heterocycles. The Morgan fingerprint density at radius 3 is 2.00 bits per heavy atom. The molecule has 0 heterocycles. The van der Waals surface area contributed by atoms with Gasteiger partial charge in [-0.05, 0) is 26.0 Å². The van der Waals surface area contributed by atoms with Crippen molar-refractivity contribution in [1.29, 1.82) is 0 Å². The van der Waals surface area contributed by atoms with E-state index in [0.717, 1.165) is 5.57 Å². The monoisotopic (exact) mass is 176 g/mol. The summed E-state index contributed by atoms with van der Waals surface area (Å²) < 4.78 is 0. The minimum atomic E-state index is 0.611. The first-order valence-corrected chi connectivity index (χ1v) is 3.64. The Morgan fingerprint density at radius 2 is 1.70 bits per heavy atom. The highest BCUT2D eigenvalue weighted by Crippen LogP contribution is 2.11. The second-order valence-corrected chi connectivity index (χ2v) is 3.14. The first kappa shape index (κ1) is 9.80. The number of rotatable bonds is 2. The highest BCUT2D eigenvalue weighted by Gasteiger charge is 1.86. The smallest absolute Gasteiger partial charge is 0.0419 e. The van der Waals surface area contributed by atoms with Crippen LogP contribution in [0.1, 0.15) is 13.8 Å². The van der Waals surface area contributed by atoms with Crippen molar-refractivity contribution in [2.75, 3.05) is 0 Å². The quantitative estimate of drug-likeness (QED) is 0.562. The van der Waals surface area contributed by atoms with Gasteiger partial charge >= 0.3 is 0 Å². The van der Waals surface area contributed by atoms with E-state index in [1.165, 1.54) is 0 Å². The lowest BCUT2D eigenvalue weighted by atomic mass is 10.3. The van der Waals surface area contributed by atoms with E-state index < -0.39 is 0 Å². The van der Waals surface area contributed by atoms with Crippen LogP contribution >= 0.6 is 23.2 Å². The van der Waals surface area contributed by atoms with Gasteiger partial charge in [-0.15, -0.1) is 0 Å². The molecule has 0 nitrogen and oxygen atoms in total. The molecule has 0 aromatic carbocycles. The van der Waals surface area contributed by atoms with Crippen molar-refractivity contribution < 1.29 is 0 Å². The SMILES string of the molecule is C=C(C)/C=C(Cl)\C=C(/C)Cl. The highest BCUT2D eigenvalue weighted by atomic mass is 35.5. The fraction of sp³-hybridized carbons (Fsp3) is 0.250. The molecule has 0 aliphatic heterocycles. The summed E-state index contributed by atoms with van der Waals surface area (Å²) in [5.74, 6) is 0. The van der Waals surface area contributed by atoms with Crippen molar-refractivity contribution in [3.8, 4) is 0 Å². The fourth-order valence-electron chi connectivity index (χ4n) is 0.467. The molecule has 0 aliphatic rings. The zero-order valence-electron chi connectivity index (χ0n) is 6.12. The van der Waals surface area contributed by atoms with Gasteiger partial charge < -0.3 is 0 Å². The molecule has 0 saturated heterocycles. The molecule has 0 bridgehead atoms. The minimum absolute atomic E-state index is 0.611. The second-order valence-electron chi connectivity index (χ2n) is 2.11. The third-order valence-electron chi connectivity index (χ3n) is 0.721. The molecule has 0 unspecified atom stereocenters. The maximum atomic E-state index is 5.71. The fourth-order valence-corrected chi connectivity index (χ4v) is 0.990. The molecule has 0 fully saturated rings. The minimum Gasteiger partial charge on any atom is -0.0961 e. The molecule has 0 rings (SSSR count). The molecular formula is C8H10Cl2. The zero-order chi connectivity index (χ0) is 8.15. The molecule has 0 aromatic rings. The number of hydrogen-bond acceptors (Lipinski definition) is 0. The van der Waals surface area contributed by atoms with E-state index in [1.54, 1.807) is 19.1 Å². The van der Waals surface area contributed by atoms with Crippen molar-refractivity contribution in [2.45, 2.75) is 13.8 Å². The second kappa shape index (κ2) is 4.59. The molecule has 0 radical (unpaired) electrons. The van der Waals surface area contributed by atoms with Crippen molar-refractivity contribution in [1.82, 2.24) is 0 Å². The van der Waals surface area contributed by atoms with Crippen molar-refractivity contribution in [3.05, 3.63) is 34.4 Å². The first-order chi connectivity index (χ1) is 4.52. The van der Waals surface area contributed by atoms with Gasteiger partial charge in [0.2, 0.25) is 0 Å². The van der Waals surface area contributed by atoms with Crippen LogP contribution < -0.4 is 0 Å². The summed E-state index contributed by atoms with van der Waals surface area (Å²) in [5, 5.41) is 1.28. The van der Waals surface area contributed by atoms with Crippen LogP contribution in [0.3, 0.4) is 0 Å². The molecular weight excluding hydrogens is 167 g/mol. The number of allylic oxidation sites excluding steroid dienone is 5. The van der Waals surface area contributed by atoms with Gasteiger partial charge in [-0.25, -0.2) is 0 Å². The molecule has 10 heavy (non-hydrogen) atoms. The molecule has 0 saturated carbocycles. The van der Waals surface area contributed by atoms with Crippen molar-refractivity contribution in [3.63, 3.8) is 0 Å². The summed E-state index contributed by atoms with van der Waals surface area (Å²) in [6.07, 6.45) is 3.44. The number of halogens is 2. The third-order valence-corrected chi connectivity index (χ3v) is 1.05. The predicted octanol–water partition coefficient (Wildman–Crippen LogP) is 3.83. The van der Waals surface area contributed by atoms with Crippen LogP contribution in [0, 0.1) is 0 Å². The van der Waals surface area contributed by atoms with E-state index in [2.05, 4.69) is 6.58 Å². The standard InChI is InChI=1S/C8H10Cl2/c1-6(2)4-8(10)5-7(3)9/h4-5H,1H2,2-3H3/b7-5+,8-4+. The van der Waals surface area contributed by atoms with Gasteiger partial charge in [-0.2, -0.15) is 0 Å². The van der Waals surface area contributed by atoms with Crippen LogP contribution in [0.2, 0.25) is 0 Å². The van der Waals surface area contributed by atoms with E-state index in [9.17, 15) is 0 Å². The van der Waals surface area contributed by atoms with Gasteiger partial charge in [0, 0.05) is 10.1 Å². The maximum absolute atomic E-state index is 5.71. The molecule has 0 aliphatic carbocycles. The van der Waals surface area contributed by atoms with E-state index in [4.69, 9.17) is 23.2 Å². The normalized spacial score (nSPS) is 13.6. The lowest BCUT2D eigenvalue weighted by Gasteiger charge is -1.89. The number of hydrogen-bond donors (Lipinski definition) is 0. The van der Waals surface area contributed by atoms with Gasteiger partial charge in [0.15, 0.2) is 0 Å². The lowest BCUT2D eigenvalue weighted by molar-refractivity contribution is 1.54. The Bertz CT molecular complexity index is 183. The summed E-state index contributed by atoms with van der Waals surface area (Å²) >= 11 is 11.3. The zero-order valence-corrected chi connectivity index (χ0v) is 7.63. The first-order valence-electron chi connectivity index (χ1n) is 2.89. The van der Waals surface area contributed by atoms with Crippen molar-refractivity contribution >= 4 is 23.2 Å². The Labute approximate surface area is 71.8 Å².